The number of carbonyl (C=O) groups is 1. The number of nitrogens with one attached hydrogen (secondary N) is 1. The van der Waals surface area contributed by atoms with Crippen LogP contribution in [0, 0.1) is 15.3 Å². The Hall–Kier alpha value is -3.78. The highest BCUT2D eigenvalue weighted by Gasteiger charge is 2.37. The van der Waals surface area contributed by atoms with Crippen LogP contribution in [0.5, 0.6) is 0 Å². The number of hydrogen-bond donors (Lipinski definition) is 3. The van der Waals surface area contributed by atoms with Gasteiger partial charge in [0.1, 0.15) is 6.10 Å². The van der Waals surface area contributed by atoms with Gasteiger partial charge < -0.3 is 30.7 Å². The van der Waals surface area contributed by atoms with Crippen LogP contribution in [0.2, 0.25) is 0 Å². The SMILES string of the molecule is O=C1OC(C(C([O-])=C(O)Nc2nc3ccc([N+](=O)[O-])cc3s2)N([O-])O)c2ccccc21. The maximum atomic E-state index is 12.7. The average molecular weight is 444 g/mol. The molecule has 160 valence electrons. The van der Waals surface area contributed by atoms with E-state index in [1.165, 1.54) is 30.3 Å². The van der Waals surface area contributed by atoms with Crippen LogP contribution in [0.25, 0.3) is 10.2 Å². The maximum absolute atomic E-state index is 12.7. The molecule has 0 aliphatic carbocycles. The average Bonchev–Trinajstić information content (AvgIpc) is 3.28. The molecule has 3 aromatic rings. The second kappa shape index (κ2) is 7.81. The number of aliphatic hydroxyl groups excluding tert-OH is 1. The van der Waals surface area contributed by atoms with Crippen LogP contribution in [0.15, 0.2) is 54.1 Å². The second-order valence-electron chi connectivity index (χ2n) is 6.43. The minimum atomic E-state index is -1.98. The molecule has 2 aromatic carbocycles. The zero-order chi connectivity index (χ0) is 22.3. The highest BCUT2D eigenvalue weighted by Crippen LogP contribution is 2.37. The molecule has 3 N–H and O–H groups in total. The zero-order valence-corrected chi connectivity index (χ0v) is 16.1. The number of hydrogen-bond acceptors (Lipinski definition) is 12. The number of hydroxylamine groups is 2. The third-order valence-corrected chi connectivity index (χ3v) is 5.49. The number of aromatic nitrogens is 1. The van der Waals surface area contributed by atoms with Crippen molar-refractivity contribution in [1.82, 2.24) is 10.2 Å². The number of nitrogens with zero attached hydrogens (tertiary/aromatic N) is 3. The van der Waals surface area contributed by atoms with E-state index in [9.17, 15) is 35.5 Å². The molecular formula is C18H12N4O8S-2. The third-order valence-electron chi connectivity index (χ3n) is 4.56. The number of nitro groups is 1. The van der Waals surface area contributed by atoms with Gasteiger partial charge in [-0.25, -0.2) is 9.78 Å². The Bertz CT molecular complexity index is 1220. The first-order valence-electron chi connectivity index (χ1n) is 8.63. The van der Waals surface area contributed by atoms with Gasteiger partial charge in [-0.05, 0) is 17.9 Å². The van der Waals surface area contributed by atoms with E-state index in [2.05, 4.69) is 10.3 Å². The number of aliphatic hydroxyl groups is 1. The van der Waals surface area contributed by atoms with Crippen molar-refractivity contribution in [3.8, 4) is 0 Å². The highest BCUT2D eigenvalue weighted by molar-refractivity contribution is 7.22. The number of benzene rings is 2. The van der Waals surface area contributed by atoms with Gasteiger partial charge in [-0.3, -0.25) is 15.3 Å². The predicted molar refractivity (Wildman–Crippen MR) is 105 cm³/mol. The van der Waals surface area contributed by atoms with Crippen LogP contribution in [-0.2, 0) is 4.74 Å². The molecule has 13 heteroatoms. The summed E-state index contributed by atoms with van der Waals surface area (Å²) in [6, 6.07) is 7.98. The first kappa shape index (κ1) is 20.5. The van der Waals surface area contributed by atoms with Crippen LogP contribution < -0.4 is 10.4 Å². The zero-order valence-electron chi connectivity index (χ0n) is 15.3. The molecule has 1 aliphatic rings. The number of rotatable bonds is 6. The van der Waals surface area contributed by atoms with Gasteiger partial charge in [0.25, 0.3) is 5.69 Å². The summed E-state index contributed by atoms with van der Waals surface area (Å²) in [6.07, 6.45) is -1.44. The van der Waals surface area contributed by atoms with Crippen molar-refractivity contribution in [2.75, 3.05) is 5.32 Å². The molecule has 0 radical (unpaired) electrons. The summed E-state index contributed by atoms with van der Waals surface area (Å²) >= 11 is 0.917. The molecule has 31 heavy (non-hydrogen) atoms. The van der Waals surface area contributed by atoms with Gasteiger partial charge in [-0.2, -0.15) is 0 Å². The minimum absolute atomic E-state index is 0.0132. The van der Waals surface area contributed by atoms with E-state index in [1.54, 1.807) is 12.1 Å². The summed E-state index contributed by atoms with van der Waals surface area (Å²) in [5.74, 6) is -3.06. The van der Waals surface area contributed by atoms with Crippen molar-refractivity contribution >= 4 is 38.3 Å². The molecule has 1 aromatic heterocycles. The molecule has 1 aliphatic heterocycles. The van der Waals surface area contributed by atoms with Crippen molar-refractivity contribution in [3.63, 3.8) is 0 Å². The fourth-order valence-electron chi connectivity index (χ4n) is 3.14. The molecule has 0 saturated carbocycles. The number of fused-ring (bicyclic) bond motifs is 2. The number of carbonyl (C=O) groups excluding carboxylic acids is 1. The normalized spacial score (nSPS) is 17.3. The number of nitro benzene ring substituents is 1. The number of non-ortho nitro benzene ring substituents is 1. The van der Waals surface area contributed by atoms with Gasteiger partial charge >= 0.3 is 5.97 Å². The van der Waals surface area contributed by atoms with E-state index in [4.69, 9.17) is 4.74 Å². The quantitative estimate of drug-likeness (QED) is 0.219. The van der Waals surface area contributed by atoms with Gasteiger partial charge in [0.15, 0.2) is 11.0 Å². The molecule has 0 fully saturated rings. The highest BCUT2D eigenvalue weighted by atomic mass is 32.1. The second-order valence-corrected chi connectivity index (χ2v) is 7.46. The fraction of sp³-hybridized carbons (Fsp3) is 0.111. The van der Waals surface area contributed by atoms with Crippen LogP contribution in [0.3, 0.4) is 0 Å². The lowest BCUT2D eigenvalue weighted by Gasteiger charge is -2.38. The number of thiazole rings is 1. The maximum Gasteiger partial charge on any atom is 0.339 e. The lowest BCUT2D eigenvalue weighted by atomic mass is 9.99. The Kier molecular flexibility index (Phi) is 5.16. The summed E-state index contributed by atoms with van der Waals surface area (Å²) in [7, 11) is 0. The van der Waals surface area contributed by atoms with Gasteiger partial charge in [-0.1, -0.05) is 29.5 Å². The lowest BCUT2D eigenvalue weighted by Crippen LogP contribution is -2.41. The van der Waals surface area contributed by atoms with Gasteiger partial charge in [0, 0.05) is 17.7 Å². The van der Waals surface area contributed by atoms with Crippen molar-refractivity contribution in [3.05, 3.63) is 80.6 Å². The number of ether oxygens (including phenoxy) is 1. The van der Waals surface area contributed by atoms with Crippen molar-refractivity contribution < 1.29 is 29.9 Å². The van der Waals surface area contributed by atoms with Gasteiger partial charge in [-0.15, -0.1) is 0 Å². The van der Waals surface area contributed by atoms with Crippen LogP contribution >= 0.6 is 11.3 Å². The summed E-state index contributed by atoms with van der Waals surface area (Å²) in [5.41, 5.74) is 0.561. The molecule has 4 rings (SSSR count). The van der Waals surface area contributed by atoms with Gasteiger partial charge in [0.05, 0.1) is 26.7 Å². The number of esters is 1. The smallest absolute Gasteiger partial charge is 0.339 e. The standard InChI is InChI=1S/C18H13N4O8S/c23-14(13(22(28)29)15-9-3-1-2-4-10(9)17(25)30-15)16(24)20-18-19-11-6-5-8(21(26)27)7-12(11)31-18/h1-7,13,15,23-24,28H,(H,19,20)/q-1/p-1. The van der Waals surface area contributed by atoms with Gasteiger partial charge in [0.2, 0.25) is 0 Å². The summed E-state index contributed by atoms with van der Waals surface area (Å²) in [4.78, 5) is 26.4. The molecule has 12 nitrogen and oxygen atoms in total. The van der Waals surface area contributed by atoms with Crippen molar-refractivity contribution in [2.45, 2.75) is 12.1 Å². The van der Waals surface area contributed by atoms with E-state index >= 15 is 0 Å². The summed E-state index contributed by atoms with van der Waals surface area (Å²) < 4.78 is 5.49. The Labute approximate surface area is 176 Å². The molecular weight excluding hydrogens is 432 g/mol. The summed E-state index contributed by atoms with van der Waals surface area (Å²) in [6.45, 7) is 0. The third kappa shape index (κ3) is 3.73. The van der Waals surface area contributed by atoms with E-state index < -0.39 is 39.9 Å². The van der Waals surface area contributed by atoms with Crippen molar-refractivity contribution in [1.29, 1.82) is 0 Å². The molecule has 2 heterocycles. The lowest BCUT2D eigenvalue weighted by molar-refractivity contribution is -0.384. The topological polar surface area (TPSA) is 184 Å². The fourth-order valence-corrected chi connectivity index (χ4v) is 4.04. The first-order valence-corrected chi connectivity index (χ1v) is 9.45. The Morgan fingerprint density at radius 3 is 2.77 bits per heavy atom. The van der Waals surface area contributed by atoms with E-state index in [0.29, 0.717) is 10.2 Å². The Morgan fingerprint density at radius 2 is 2.06 bits per heavy atom. The summed E-state index contributed by atoms with van der Waals surface area (Å²) in [5, 5.41) is 56.7. The minimum Gasteiger partial charge on any atom is -0.871 e. The predicted octanol–water partition coefficient (Wildman–Crippen LogP) is 2.17. The molecule has 0 spiro atoms. The van der Waals surface area contributed by atoms with E-state index in [-0.39, 0.29) is 21.9 Å². The van der Waals surface area contributed by atoms with Crippen LogP contribution in [0.4, 0.5) is 10.8 Å². The number of anilines is 1. The Morgan fingerprint density at radius 1 is 1.32 bits per heavy atom. The molecule has 0 bridgehead atoms. The van der Waals surface area contributed by atoms with E-state index in [0.717, 1.165) is 11.3 Å². The molecule has 0 amide bonds. The van der Waals surface area contributed by atoms with E-state index in [1.807, 2.05) is 0 Å². The molecule has 0 saturated heterocycles. The Balaban J connectivity index is 1.65. The van der Waals surface area contributed by atoms with Crippen molar-refractivity contribution in [2.24, 2.45) is 0 Å². The molecule has 2 atom stereocenters. The number of cyclic esters (lactones) is 1. The molecule has 2 unspecified atom stereocenters. The largest absolute Gasteiger partial charge is 0.871 e. The first-order chi connectivity index (χ1) is 14.8. The monoisotopic (exact) mass is 444 g/mol. The van der Waals surface area contributed by atoms with Crippen LogP contribution in [-0.4, -0.2) is 37.5 Å². The van der Waals surface area contributed by atoms with Crippen LogP contribution in [0.1, 0.15) is 22.0 Å².